The Bertz CT molecular complexity index is 1140. The SMILES string of the molecule is CCCC1(CCC)c2cc3c(cc2-c2sc(C(C)C)cc21)C(CCC)(CCC)c1cc(C(C)C)sc1-3. The van der Waals surface area contributed by atoms with E-state index < -0.39 is 0 Å². The van der Waals surface area contributed by atoms with E-state index in [-0.39, 0.29) is 10.8 Å². The number of hydrogen-bond acceptors (Lipinski definition) is 2. The van der Waals surface area contributed by atoms with E-state index in [1.807, 2.05) is 0 Å². The Morgan fingerprint density at radius 3 is 1.14 bits per heavy atom. The van der Waals surface area contributed by atoms with Gasteiger partial charge in [-0.1, -0.05) is 81.1 Å². The summed E-state index contributed by atoms with van der Waals surface area (Å²) in [5, 5.41) is 0. The maximum absolute atomic E-state index is 2.71. The lowest BCUT2D eigenvalue weighted by Crippen LogP contribution is -2.26. The van der Waals surface area contributed by atoms with Crippen LogP contribution in [-0.2, 0) is 10.8 Å². The molecule has 0 saturated carbocycles. The molecule has 0 N–H and O–H groups in total. The van der Waals surface area contributed by atoms with Crippen molar-refractivity contribution in [1.29, 1.82) is 0 Å². The fourth-order valence-corrected chi connectivity index (χ4v) is 10.2. The third kappa shape index (κ3) is 3.64. The van der Waals surface area contributed by atoms with Crippen molar-refractivity contribution in [2.45, 2.75) is 129 Å². The molecule has 0 unspecified atom stereocenters. The fourth-order valence-electron chi connectivity index (χ4n) is 7.59. The average molecular weight is 519 g/mol. The summed E-state index contributed by atoms with van der Waals surface area (Å²) in [5.74, 6) is 1.19. The van der Waals surface area contributed by atoms with E-state index in [2.05, 4.69) is 102 Å². The normalized spacial score (nSPS) is 16.5. The molecule has 3 aromatic rings. The van der Waals surface area contributed by atoms with Gasteiger partial charge in [-0.2, -0.15) is 0 Å². The van der Waals surface area contributed by atoms with E-state index in [0.717, 1.165) is 0 Å². The van der Waals surface area contributed by atoms with Gasteiger partial charge in [0.25, 0.3) is 0 Å². The van der Waals surface area contributed by atoms with Gasteiger partial charge < -0.3 is 0 Å². The van der Waals surface area contributed by atoms with E-state index in [0.29, 0.717) is 11.8 Å². The number of rotatable bonds is 10. The summed E-state index contributed by atoms with van der Waals surface area (Å²) in [4.78, 5) is 6.32. The lowest BCUT2D eigenvalue weighted by atomic mass is 9.69. The molecular formula is C34H46S2. The van der Waals surface area contributed by atoms with Crippen molar-refractivity contribution < 1.29 is 0 Å². The van der Waals surface area contributed by atoms with Crippen LogP contribution in [0, 0.1) is 0 Å². The van der Waals surface area contributed by atoms with E-state index >= 15 is 0 Å². The maximum atomic E-state index is 2.71. The molecule has 0 radical (unpaired) electrons. The molecule has 0 nitrogen and oxygen atoms in total. The smallest absolute Gasteiger partial charge is 0.0390 e. The van der Waals surface area contributed by atoms with Crippen molar-refractivity contribution in [3.8, 4) is 20.9 Å². The number of hydrogen-bond donors (Lipinski definition) is 0. The Balaban J connectivity index is 1.83. The summed E-state index contributed by atoms with van der Waals surface area (Å²) in [6, 6.07) is 10.6. The Hall–Kier alpha value is -1.38. The molecule has 5 rings (SSSR count). The van der Waals surface area contributed by atoms with Gasteiger partial charge in [-0.3, -0.25) is 0 Å². The largest absolute Gasteiger partial charge is 0.140 e. The molecule has 0 spiro atoms. The molecule has 2 aromatic heterocycles. The molecule has 2 heterocycles. The minimum atomic E-state index is 0.186. The van der Waals surface area contributed by atoms with Crippen LogP contribution in [0.2, 0.25) is 0 Å². The van der Waals surface area contributed by atoms with Crippen LogP contribution in [0.4, 0.5) is 0 Å². The quantitative estimate of drug-likeness (QED) is 0.250. The highest BCUT2D eigenvalue weighted by Gasteiger charge is 2.48. The molecule has 2 aliphatic rings. The molecule has 1 aromatic carbocycles. The molecule has 0 saturated heterocycles. The summed E-state index contributed by atoms with van der Waals surface area (Å²) in [6.07, 6.45) is 9.99. The predicted molar refractivity (Wildman–Crippen MR) is 162 cm³/mol. The van der Waals surface area contributed by atoms with Crippen molar-refractivity contribution in [3.63, 3.8) is 0 Å². The van der Waals surface area contributed by atoms with Crippen molar-refractivity contribution in [3.05, 3.63) is 56.3 Å². The topological polar surface area (TPSA) is 0 Å². The lowest BCUT2D eigenvalue weighted by molar-refractivity contribution is 0.431. The summed E-state index contributed by atoms with van der Waals surface area (Å²) < 4.78 is 0. The van der Waals surface area contributed by atoms with Crippen molar-refractivity contribution in [2.24, 2.45) is 0 Å². The van der Waals surface area contributed by atoms with Crippen LogP contribution in [0.1, 0.15) is 151 Å². The van der Waals surface area contributed by atoms with Gasteiger partial charge in [-0.05, 0) is 95.2 Å². The monoisotopic (exact) mass is 518 g/mol. The first-order valence-electron chi connectivity index (χ1n) is 14.8. The fraction of sp³-hybridized carbons (Fsp3) is 0.588. The first-order chi connectivity index (χ1) is 17.3. The van der Waals surface area contributed by atoms with E-state index in [9.17, 15) is 0 Å². The van der Waals surface area contributed by atoms with Gasteiger partial charge in [-0.25, -0.2) is 0 Å². The molecule has 194 valence electrons. The van der Waals surface area contributed by atoms with Crippen LogP contribution in [0.15, 0.2) is 24.3 Å². The lowest BCUT2D eigenvalue weighted by Gasteiger charge is -2.34. The van der Waals surface area contributed by atoms with Crippen molar-refractivity contribution in [1.82, 2.24) is 0 Å². The molecular weight excluding hydrogens is 473 g/mol. The van der Waals surface area contributed by atoms with Crippen LogP contribution in [0.3, 0.4) is 0 Å². The number of fused-ring (bicyclic) bond motifs is 6. The highest BCUT2D eigenvalue weighted by atomic mass is 32.1. The molecule has 0 atom stereocenters. The Labute approximate surface area is 228 Å². The minimum Gasteiger partial charge on any atom is -0.140 e. The van der Waals surface area contributed by atoms with Gasteiger partial charge >= 0.3 is 0 Å². The first-order valence-corrected chi connectivity index (χ1v) is 16.4. The number of benzene rings is 1. The zero-order valence-electron chi connectivity index (χ0n) is 23.9. The van der Waals surface area contributed by atoms with Crippen LogP contribution < -0.4 is 0 Å². The molecule has 0 bridgehead atoms. The minimum absolute atomic E-state index is 0.186. The van der Waals surface area contributed by atoms with Crippen LogP contribution in [-0.4, -0.2) is 0 Å². The van der Waals surface area contributed by atoms with E-state index in [4.69, 9.17) is 0 Å². The zero-order chi connectivity index (χ0) is 25.8. The molecule has 2 aliphatic carbocycles. The summed E-state index contributed by atoms with van der Waals surface area (Å²) in [7, 11) is 0. The second-order valence-corrected chi connectivity index (χ2v) is 14.4. The van der Waals surface area contributed by atoms with Gasteiger partial charge in [0.1, 0.15) is 0 Å². The first kappa shape index (κ1) is 26.2. The van der Waals surface area contributed by atoms with Gasteiger partial charge in [0, 0.05) is 30.3 Å². The van der Waals surface area contributed by atoms with Crippen LogP contribution in [0.5, 0.6) is 0 Å². The standard InChI is InChI=1S/C34H46S2/c1-9-13-33(14-10-2)25-17-24-26(18-23(25)31-27(33)19-29(35-31)21(5)6)34(15-11-3,16-12-4)28-20-30(22(7)8)36-32(24)28/h17-22H,9-16H2,1-8H3. The van der Waals surface area contributed by atoms with E-state index in [1.165, 1.54) is 51.4 Å². The highest BCUT2D eigenvalue weighted by Crippen LogP contribution is 2.63. The number of thiophene rings is 2. The average Bonchev–Trinajstić information content (AvgIpc) is 3.56. The summed E-state index contributed by atoms with van der Waals surface area (Å²) in [6.45, 7) is 19.0. The van der Waals surface area contributed by atoms with Crippen LogP contribution in [0.25, 0.3) is 20.9 Å². The van der Waals surface area contributed by atoms with Gasteiger partial charge in [0.05, 0.1) is 0 Å². The Morgan fingerprint density at radius 2 is 0.861 bits per heavy atom. The molecule has 36 heavy (non-hydrogen) atoms. The van der Waals surface area contributed by atoms with Crippen LogP contribution >= 0.6 is 22.7 Å². The second kappa shape index (κ2) is 9.73. The summed E-state index contributed by atoms with van der Waals surface area (Å²) >= 11 is 4.19. The zero-order valence-corrected chi connectivity index (χ0v) is 25.6. The van der Waals surface area contributed by atoms with E-state index in [1.54, 1.807) is 52.9 Å². The summed E-state index contributed by atoms with van der Waals surface area (Å²) in [5.41, 5.74) is 10.1. The highest BCUT2D eigenvalue weighted by molar-refractivity contribution is 7.16. The molecule has 0 amide bonds. The van der Waals surface area contributed by atoms with Crippen molar-refractivity contribution in [2.75, 3.05) is 0 Å². The third-order valence-corrected chi connectivity index (χ3v) is 12.0. The van der Waals surface area contributed by atoms with Gasteiger partial charge in [0.15, 0.2) is 0 Å². The molecule has 2 heteroatoms. The molecule has 0 fully saturated rings. The maximum Gasteiger partial charge on any atom is 0.0390 e. The predicted octanol–water partition coefficient (Wildman–Crippen LogP) is 11.8. The molecule has 0 aliphatic heterocycles. The van der Waals surface area contributed by atoms with Crippen molar-refractivity contribution >= 4 is 22.7 Å². The van der Waals surface area contributed by atoms with Gasteiger partial charge in [-0.15, -0.1) is 22.7 Å². The third-order valence-electron chi connectivity index (χ3n) is 9.06. The van der Waals surface area contributed by atoms with Gasteiger partial charge in [0.2, 0.25) is 0 Å². The Morgan fingerprint density at radius 1 is 0.528 bits per heavy atom. The Kier molecular flexibility index (Phi) is 7.09. The second-order valence-electron chi connectivity index (χ2n) is 12.2.